The molecular weight excluding hydrogens is 264 g/mol. The number of benzene rings is 1. The molecule has 2 amide bonds. The Hall–Kier alpha value is -1.69. The van der Waals surface area contributed by atoms with E-state index in [0.29, 0.717) is 11.6 Å². The van der Waals surface area contributed by atoms with Gasteiger partial charge in [0.15, 0.2) is 0 Å². The first-order valence-electron chi connectivity index (χ1n) is 5.94. The van der Waals surface area contributed by atoms with Crippen LogP contribution in [0.2, 0.25) is 0 Å². The van der Waals surface area contributed by atoms with Crippen molar-refractivity contribution < 1.29 is 14.7 Å². The van der Waals surface area contributed by atoms with Gasteiger partial charge in [-0.05, 0) is 25.5 Å². The van der Waals surface area contributed by atoms with Crippen molar-refractivity contribution in [2.24, 2.45) is 0 Å². The first-order chi connectivity index (χ1) is 8.99. The standard InChI is InChI=1S/C13H16N2O3S/c1-8-3-4-10(9(2)5-8)14-13(18)15-7-19-6-11(15)12(16)17/h3-5,11H,6-7H2,1-2H3,(H,14,18)(H,16,17). The highest BCUT2D eigenvalue weighted by molar-refractivity contribution is 7.99. The minimum absolute atomic E-state index is 0.357. The summed E-state index contributed by atoms with van der Waals surface area (Å²) < 4.78 is 0. The molecule has 2 rings (SSSR count). The summed E-state index contributed by atoms with van der Waals surface area (Å²) in [5.41, 5.74) is 2.80. The lowest BCUT2D eigenvalue weighted by Gasteiger charge is -2.21. The van der Waals surface area contributed by atoms with Crippen LogP contribution in [-0.4, -0.2) is 39.7 Å². The van der Waals surface area contributed by atoms with Gasteiger partial charge >= 0.3 is 12.0 Å². The van der Waals surface area contributed by atoms with Crippen molar-refractivity contribution >= 4 is 29.4 Å². The number of carboxylic acid groups (broad SMARTS) is 1. The van der Waals surface area contributed by atoms with Crippen LogP contribution in [0.1, 0.15) is 11.1 Å². The summed E-state index contributed by atoms with van der Waals surface area (Å²) in [6.07, 6.45) is 0. The van der Waals surface area contributed by atoms with Gasteiger partial charge in [0.25, 0.3) is 0 Å². The number of thioether (sulfide) groups is 1. The smallest absolute Gasteiger partial charge is 0.327 e. The predicted octanol–water partition coefficient (Wildman–Crippen LogP) is 2.29. The maximum atomic E-state index is 12.1. The van der Waals surface area contributed by atoms with Crippen molar-refractivity contribution in [1.29, 1.82) is 0 Å². The molecule has 0 aliphatic carbocycles. The van der Waals surface area contributed by atoms with Gasteiger partial charge in [-0.15, -0.1) is 11.8 Å². The quantitative estimate of drug-likeness (QED) is 0.872. The van der Waals surface area contributed by atoms with E-state index in [1.807, 2.05) is 32.0 Å². The third-order valence-corrected chi connectivity index (χ3v) is 4.06. The van der Waals surface area contributed by atoms with E-state index in [0.717, 1.165) is 16.8 Å². The predicted molar refractivity (Wildman–Crippen MR) is 75.5 cm³/mol. The van der Waals surface area contributed by atoms with Crippen molar-refractivity contribution in [3.63, 3.8) is 0 Å². The molecule has 1 unspecified atom stereocenters. The molecule has 1 aliphatic heterocycles. The first kappa shape index (κ1) is 13.7. The summed E-state index contributed by atoms with van der Waals surface area (Å²) in [5, 5.41) is 11.8. The minimum atomic E-state index is -0.958. The number of carboxylic acids is 1. The number of hydrogen-bond acceptors (Lipinski definition) is 3. The van der Waals surface area contributed by atoms with Gasteiger partial charge in [-0.3, -0.25) is 0 Å². The van der Waals surface area contributed by atoms with Crippen LogP contribution in [0.5, 0.6) is 0 Å². The number of anilines is 1. The fourth-order valence-corrected chi connectivity index (χ4v) is 3.13. The molecule has 0 bridgehead atoms. The highest BCUT2D eigenvalue weighted by atomic mass is 32.2. The summed E-state index contributed by atoms with van der Waals surface area (Å²) in [6.45, 7) is 3.90. The number of nitrogens with zero attached hydrogens (tertiary/aromatic N) is 1. The number of carbonyl (C=O) groups excluding carboxylic acids is 1. The molecule has 6 heteroatoms. The average Bonchev–Trinajstić information content (AvgIpc) is 2.82. The van der Waals surface area contributed by atoms with Gasteiger partial charge in [0, 0.05) is 11.4 Å². The Bertz CT molecular complexity index is 519. The summed E-state index contributed by atoms with van der Waals surface area (Å²) >= 11 is 1.45. The molecule has 0 radical (unpaired) electrons. The van der Waals surface area contributed by atoms with E-state index < -0.39 is 12.0 Å². The lowest BCUT2D eigenvalue weighted by atomic mass is 10.1. The van der Waals surface area contributed by atoms with Gasteiger partial charge in [-0.25, -0.2) is 9.59 Å². The number of carbonyl (C=O) groups is 2. The fraction of sp³-hybridized carbons (Fsp3) is 0.385. The van der Waals surface area contributed by atoms with E-state index in [1.165, 1.54) is 16.7 Å². The first-order valence-corrected chi connectivity index (χ1v) is 7.10. The number of urea groups is 1. The third-order valence-electron chi connectivity index (χ3n) is 3.05. The van der Waals surface area contributed by atoms with Crippen LogP contribution in [0.15, 0.2) is 18.2 Å². The van der Waals surface area contributed by atoms with Crippen LogP contribution in [0.4, 0.5) is 10.5 Å². The van der Waals surface area contributed by atoms with Gasteiger partial charge in [-0.2, -0.15) is 0 Å². The molecule has 19 heavy (non-hydrogen) atoms. The molecule has 2 N–H and O–H groups in total. The fourth-order valence-electron chi connectivity index (χ4n) is 1.99. The molecular formula is C13H16N2O3S. The molecule has 102 valence electrons. The van der Waals surface area contributed by atoms with Gasteiger partial charge in [0.1, 0.15) is 6.04 Å². The highest BCUT2D eigenvalue weighted by Gasteiger charge is 2.34. The van der Waals surface area contributed by atoms with E-state index in [2.05, 4.69) is 5.32 Å². The number of amides is 2. The van der Waals surface area contributed by atoms with Gasteiger partial charge < -0.3 is 15.3 Å². The largest absolute Gasteiger partial charge is 0.480 e. The average molecular weight is 280 g/mol. The highest BCUT2D eigenvalue weighted by Crippen LogP contribution is 2.23. The lowest BCUT2D eigenvalue weighted by molar-refractivity contribution is -0.140. The Morgan fingerprint density at radius 1 is 1.42 bits per heavy atom. The SMILES string of the molecule is Cc1ccc(NC(=O)N2CSCC2C(=O)O)c(C)c1. The van der Waals surface area contributed by atoms with E-state index in [4.69, 9.17) is 5.11 Å². The number of rotatable bonds is 2. The number of aryl methyl sites for hydroxylation is 2. The van der Waals surface area contributed by atoms with Crippen molar-refractivity contribution in [2.75, 3.05) is 16.9 Å². The molecule has 0 spiro atoms. The molecule has 0 aromatic heterocycles. The van der Waals surface area contributed by atoms with Crippen molar-refractivity contribution in [1.82, 2.24) is 4.90 Å². The van der Waals surface area contributed by atoms with Gasteiger partial charge in [0.2, 0.25) is 0 Å². The Morgan fingerprint density at radius 3 is 2.79 bits per heavy atom. The zero-order chi connectivity index (χ0) is 14.0. The maximum Gasteiger partial charge on any atom is 0.327 e. The summed E-state index contributed by atoms with van der Waals surface area (Å²) in [6, 6.07) is 4.63. The Labute approximate surface area is 116 Å². The van der Waals surface area contributed by atoms with Crippen LogP contribution in [-0.2, 0) is 4.79 Å². The monoisotopic (exact) mass is 280 g/mol. The molecule has 1 saturated heterocycles. The molecule has 0 saturated carbocycles. The minimum Gasteiger partial charge on any atom is -0.480 e. The Kier molecular flexibility index (Phi) is 3.99. The zero-order valence-electron chi connectivity index (χ0n) is 10.8. The molecule has 1 heterocycles. The van der Waals surface area contributed by atoms with Crippen molar-refractivity contribution in [2.45, 2.75) is 19.9 Å². The summed E-state index contributed by atoms with van der Waals surface area (Å²) in [5.74, 6) is -0.107. The molecule has 1 fully saturated rings. The Morgan fingerprint density at radius 2 is 2.16 bits per heavy atom. The van der Waals surface area contributed by atoms with E-state index >= 15 is 0 Å². The second-order valence-electron chi connectivity index (χ2n) is 4.57. The third kappa shape index (κ3) is 3.01. The normalized spacial score (nSPS) is 18.4. The molecule has 5 nitrogen and oxygen atoms in total. The number of aliphatic carboxylic acids is 1. The molecule has 1 aromatic carbocycles. The summed E-state index contributed by atoms with van der Waals surface area (Å²) in [4.78, 5) is 24.5. The molecule has 1 aliphatic rings. The molecule has 1 aromatic rings. The van der Waals surface area contributed by atoms with E-state index in [9.17, 15) is 9.59 Å². The number of hydrogen-bond donors (Lipinski definition) is 2. The van der Waals surface area contributed by atoms with Crippen LogP contribution in [0.3, 0.4) is 0 Å². The van der Waals surface area contributed by atoms with Gasteiger partial charge in [0.05, 0.1) is 5.88 Å². The van der Waals surface area contributed by atoms with Gasteiger partial charge in [-0.1, -0.05) is 17.7 Å². The second-order valence-corrected chi connectivity index (χ2v) is 5.57. The number of nitrogens with one attached hydrogen (secondary N) is 1. The van der Waals surface area contributed by atoms with Crippen LogP contribution in [0.25, 0.3) is 0 Å². The maximum absolute atomic E-state index is 12.1. The second kappa shape index (κ2) is 5.52. The van der Waals surface area contributed by atoms with E-state index in [-0.39, 0.29) is 6.03 Å². The van der Waals surface area contributed by atoms with Crippen LogP contribution in [0, 0.1) is 13.8 Å². The van der Waals surface area contributed by atoms with Crippen molar-refractivity contribution in [3.05, 3.63) is 29.3 Å². The zero-order valence-corrected chi connectivity index (χ0v) is 11.7. The van der Waals surface area contributed by atoms with Crippen LogP contribution >= 0.6 is 11.8 Å². The van der Waals surface area contributed by atoms with Crippen LogP contribution < -0.4 is 5.32 Å². The molecule has 1 atom stereocenters. The Balaban J connectivity index is 2.10. The van der Waals surface area contributed by atoms with E-state index in [1.54, 1.807) is 0 Å². The van der Waals surface area contributed by atoms with Crippen molar-refractivity contribution in [3.8, 4) is 0 Å². The summed E-state index contributed by atoms with van der Waals surface area (Å²) in [7, 11) is 0. The lowest BCUT2D eigenvalue weighted by Crippen LogP contribution is -2.44. The topological polar surface area (TPSA) is 69.6 Å².